The first-order valence-electron chi connectivity index (χ1n) is 12.3. The van der Waals surface area contributed by atoms with Crippen molar-refractivity contribution in [1.29, 1.82) is 0 Å². The molecule has 5 heteroatoms. The Morgan fingerprint density at radius 3 is 2.33 bits per heavy atom. The Morgan fingerprint density at radius 2 is 1.60 bits per heavy atom. The number of allylic oxidation sites excluding steroid dienone is 1. The summed E-state index contributed by atoms with van der Waals surface area (Å²) >= 11 is 8.84. The van der Waals surface area contributed by atoms with E-state index in [2.05, 4.69) is 73.9 Å². The Hall–Kier alpha value is 1.10. The third-order valence-corrected chi connectivity index (χ3v) is 17.2. The lowest BCUT2D eigenvalue weighted by molar-refractivity contribution is -0.128. The molecular formula is C25H38OS4. The molecule has 0 unspecified atom stereocenters. The van der Waals surface area contributed by atoms with Crippen LogP contribution in [0.1, 0.15) is 65.7 Å². The number of hydrogen-bond acceptors (Lipinski definition) is 5. The van der Waals surface area contributed by atoms with Crippen molar-refractivity contribution in [1.82, 2.24) is 0 Å². The molecule has 168 valence electrons. The Morgan fingerprint density at radius 1 is 0.900 bits per heavy atom. The molecule has 1 N–H and O–H groups in total. The van der Waals surface area contributed by atoms with Crippen molar-refractivity contribution in [3.8, 4) is 0 Å². The number of hydrogen-bond donors (Lipinski definition) is 1. The van der Waals surface area contributed by atoms with E-state index in [-0.39, 0.29) is 11.5 Å². The first kappa shape index (κ1) is 21.6. The van der Waals surface area contributed by atoms with E-state index < -0.39 is 0 Å². The third-order valence-electron chi connectivity index (χ3n) is 10.3. The summed E-state index contributed by atoms with van der Waals surface area (Å²) in [6.45, 7) is 7.68. The fourth-order valence-electron chi connectivity index (χ4n) is 9.10. The fourth-order valence-corrected chi connectivity index (χ4v) is 15.7. The van der Waals surface area contributed by atoms with Crippen LogP contribution in [0.2, 0.25) is 0 Å². The highest BCUT2D eigenvalue weighted by atomic mass is 32.2. The topological polar surface area (TPSA) is 20.2 Å². The third kappa shape index (κ3) is 2.96. The van der Waals surface area contributed by atoms with Gasteiger partial charge in [-0.25, -0.2) is 0 Å². The summed E-state index contributed by atoms with van der Waals surface area (Å²) in [6.07, 6.45) is 11.7. The van der Waals surface area contributed by atoms with E-state index in [4.69, 9.17) is 0 Å². The van der Waals surface area contributed by atoms with E-state index in [1.165, 1.54) is 61.5 Å². The SMILES string of the molecule is CC1([C@@H]2CC[C@@H]3[C@H]4CCC5=CC6(CC[C@]5(C)[C@@H]4[C@@H](O)C[C@]32C)SCCS6)SCCS1. The summed E-state index contributed by atoms with van der Waals surface area (Å²) in [4.78, 5) is 0. The molecule has 4 aliphatic carbocycles. The van der Waals surface area contributed by atoms with Gasteiger partial charge in [-0.3, -0.25) is 0 Å². The molecule has 7 atom stereocenters. The smallest absolute Gasteiger partial charge is 0.0795 e. The van der Waals surface area contributed by atoms with Gasteiger partial charge in [0.25, 0.3) is 0 Å². The average Bonchev–Trinajstić information content (AvgIpc) is 3.41. The second-order valence-electron chi connectivity index (χ2n) is 11.6. The Bertz CT molecular complexity index is 739. The molecule has 0 bridgehead atoms. The van der Waals surface area contributed by atoms with Gasteiger partial charge in [0.2, 0.25) is 0 Å². The van der Waals surface area contributed by atoms with Crippen LogP contribution >= 0.6 is 47.0 Å². The highest BCUT2D eigenvalue weighted by molar-refractivity contribution is 8.21. The average molecular weight is 483 g/mol. The van der Waals surface area contributed by atoms with E-state index in [0.717, 1.165) is 24.2 Å². The standard InChI is InChI=1S/C25H38OS4/c1-22-8-9-25(29-12-13-30-25)14-16(22)4-5-17-18-6-7-20(24(3)27-10-11-28-24)23(18,2)15-19(26)21(17)22/h14,17-21,26H,4-13,15H2,1-3H3/t17-,18-,19+,20-,21+,22+,23-/m1/s1. The quantitative estimate of drug-likeness (QED) is 0.409. The molecule has 0 aromatic carbocycles. The molecular weight excluding hydrogens is 445 g/mol. The van der Waals surface area contributed by atoms with Crippen LogP contribution in [0.15, 0.2) is 11.6 Å². The summed E-state index contributed by atoms with van der Waals surface area (Å²) in [7, 11) is 0. The van der Waals surface area contributed by atoms with Crippen LogP contribution in [0.4, 0.5) is 0 Å². The van der Waals surface area contributed by atoms with Gasteiger partial charge >= 0.3 is 0 Å². The number of fused-ring (bicyclic) bond motifs is 5. The van der Waals surface area contributed by atoms with Crippen LogP contribution in [0.3, 0.4) is 0 Å². The van der Waals surface area contributed by atoms with Gasteiger partial charge in [-0.2, -0.15) is 0 Å². The van der Waals surface area contributed by atoms with Crippen LogP contribution in [0.25, 0.3) is 0 Å². The molecule has 2 aliphatic heterocycles. The Labute approximate surface area is 200 Å². The summed E-state index contributed by atoms with van der Waals surface area (Å²) in [5.41, 5.74) is 2.31. The van der Waals surface area contributed by atoms with Crippen LogP contribution in [-0.2, 0) is 0 Å². The molecule has 0 aromatic rings. The zero-order chi connectivity index (χ0) is 20.8. The molecule has 3 saturated carbocycles. The van der Waals surface area contributed by atoms with Gasteiger partial charge in [0.05, 0.1) is 14.3 Å². The van der Waals surface area contributed by atoms with Gasteiger partial charge in [0.1, 0.15) is 0 Å². The van der Waals surface area contributed by atoms with E-state index in [1.807, 2.05) is 0 Å². The highest BCUT2D eigenvalue weighted by Gasteiger charge is 2.65. The first-order chi connectivity index (χ1) is 14.3. The minimum absolute atomic E-state index is 0.108. The predicted molar refractivity (Wildman–Crippen MR) is 138 cm³/mol. The van der Waals surface area contributed by atoms with Crippen LogP contribution in [0.5, 0.6) is 0 Å². The van der Waals surface area contributed by atoms with E-state index >= 15 is 0 Å². The van der Waals surface area contributed by atoms with Gasteiger partial charge < -0.3 is 5.11 Å². The van der Waals surface area contributed by atoms with E-state index in [0.29, 0.717) is 19.5 Å². The lowest BCUT2D eigenvalue weighted by Gasteiger charge is -2.61. The van der Waals surface area contributed by atoms with Crippen molar-refractivity contribution in [2.75, 3.05) is 23.0 Å². The van der Waals surface area contributed by atoms with Gasteiger partial charge in [-0.05, 0) is 86.4 Å². The molecule has 1 nitrogen and oxygen atoms in total. The maximum atomic E-state index is 11.8. The number of aliphatic hydroxyl groups is 1. The Balaban J connectivity index is 1.32. The largest absolute Gasteiger partial charge is 0.393 e. The van der Waals surface area contributed by atoms with Crippen molar-refractivity contribution < 1.29 is 5.11 Å². The van der Waals surface area contributed by atoms with E-state index in [9.17, 15) is 5.11 Å². The molecule has 6 rings (SSSR count). The molecule has 30 heavy (non-hydrogen) atoms. The van der Waals surface area contributed by atoms with Gasteiger partial charge in [0, 0.05) is 23.0 Å². The summed E-state index contributed by atoms with van der Waals surface area (Å²) in [5.74, 6) is 8.11. The van der Waals surface area contributed by atoms with E-state index in [1.54, 1.807) is 5.57 Å². The lowest BCUT2D eigenvalue weighted by atomic mass is 9.46. The molecule has 0 aromatic heterocycles. The molecule has 6 aliphatic rings. The van der Waals surface area contributed by atoms with Gasteiger partial charge in [-0.1, -0.05) is 25.5 Å². The summed E-state index contributed by atoms with van der Waals surface area (Å²) < 4.78 is 0.758. The zero-order valence-corrected chi connectivity index (χ0v) is 22.1. The predicted octanol–water partition coefficient (Wildman–Crippen LogP) is 6.91. The molecule has 0 radical (unpaired) electrons. The number of aliphatic hydroxyl groups excluding tert-OH is 1. The maximum absolute atomic E-state index is 11.8. The zero-order valence-electron chi connectivity index (χ0n) is 18.8. The molecule has 2 saturated heterocycles. The van der Waals surface area contributed by atoms with Crippen LogP contribution in [-0.4, -0.2) is 42.4 Å². The van der Waals surface area contributed by atoms with Crippen molar-refractivity contribution in [2.45, 2.75) is 80.0 Å². The number of rotatable bonds is 1. The van der Waals surface area contributed by atoms with Gasteiger partial charge in [-0.15, -0.1) is 47.0 Å². The second-order valence-corrected chi connectivity index (χ2v) is 18.0. The summed E-state index contributed by atoms with van der Waals surface area (Å²) in [6, 6.07) is 0. The minimum Gasteiger partial charge on any atom is -0.393 e. The summed E-state index contributed by atoms with van der Waals surface area (Å²) in [5, 5.41) is 11.8. The lowest BCUT2D eigenvalue weighted by Crippen LogP contribution is -2.58. The van der Waals surface area contributed by atoms with Crippen molar-refractivity contribution >= 4 is 47.0 Å². The second kappa shape index (κ2) is 7.30. The molecule has 2 heterocycles. The fraction of sp³-hybridized carbons (Fsp3) is 0.920. The number of thioether (sulfide) groups is 4. The van der Waals surface area contributed by atoms with Crippen LogP contribution < -0.4 is 0 Å². The Kier molecular flexibility index (Phi) is 5.26. The van der Waals surface area contributed by atoms with Crippen molar-refractivity contribution in [2.24, 2.45) is 34.5 Å². The van der Waals surface area contributed by atoms with Crippen LogP contribution in [0, 0.1) is 34.5 Å². The monoisotopic (exact) mass is 482 g/mol. The molecule has 5 fully saturated rings. The van der Waals surface area contributed by atoms with Gasteiger partial charge in [0.15, 0.2) is 0 Å². The normalized spacial score (nSPS) is 51.3. The van der Waals surface area contributed by atoms with Crippen molar-refractivity contribution in [3.05, 3.63) is 11.6 Å². The maximum Gasteiger partial charge on any atom is 0.0795 e. The molecule has 1 spiro atoms. The van der Waals surface area contributed by atoms with Crippen molar-refractivity contribution in [3.63, 3.8) is 0 Å². The highest BCUT2D eigenvalue weighted by Crippen LogP contribution is 2.71. The first-order valence-corrected chi connectivity index (χ1v) is 16.2. The molecule has 0 amide bonds. The minimum atomic E-state index is -0.108.